The van der Waals surface area contributed by atoms with Crippen molar-refractivity contribution >= 4 is 17.6 Å². The number of amides is 1. The van der Waals surface area contributed by atoms with Crippen LogP contribution in [0.15, 0.2) is 24.3 Å². The van der Waals surface area contributed by atoms with Crippen molar-refractivity contribution in [1.29, 1.82) is 0 Å². The van der Waals surface area contributed by atoms with Gasteiger partial charge >= 0.3 is 5.97 Å². The van der Waals surface area contributed by atoms with E-state index in [9.17, 15) is 9.59 Å². The van der Waals surface area contributed by atoms with Crippen molar-refractivity contribution in [3.63, 3.8) is 0 Å². The monoisotopic (exact) mass is 263 g/mol. The van der Waals surface area contributed by atoms with Crippen molar-refractivity contribution in [2.45, 2.75) is 19.8 Å². The molecule has 1 fully saturated rings. The number of carboxylic acid groups (broad SMARTS) is 1. The van der Waals surface area contributed by atoms with Gasteiger partial charge in [-0.05, 0) is 25.5 Å². The highest BCUT2D eigenvalue weighted by Crippen LogP contribution is 2.27. The predicted octanol–water partition coefficient (Wildman–Crippen LogP) is 1.91. The smallest absolute Gasteiger partial charge is 0.308 e. The van der Waals surface area contributed by atoms with Gasteiger partial charge in [0.25, 0.3) is 0 Å². The number of hydrogen-bond acceptors (Lipinski definition) is 3. The number of carboxylic acids is 1. The van der Waals surface area contributed by atoms with E-state index in [1.165, 1.54) is 4.90 Å². The van der Waals surface area contributed by atoms with Gasteiger partial charge in [-0.15, -0.1) is 0 Å². The molecular formula is C14H17NO4. The fourth-order valence-corrected chi connectivity index (χ4v) is 2.20. The zero-order chi connectivity index (χ0) is 13.8. The zero-order valence-electron chi connectivity index (χ0n) is 10.8. The summed E-state index contributed by atoms with van der Waals surface area (Å²) in [6.07, 6.45) is 0.686. The van der Waals surface area contributed by atoms with E-state index in [-0.39, 0.29) is 18.9 Å². The van der Waals surface area contributed by atoms with E-state index in [1.54, 1.807) is 18.2 Å². The van der Waals surface area contributed by atoms with Gasteiger partial charge in [-0.1, -0.05) is 6.07 Å². The molecule has 1 aromatic rings. The molecule has 1 atom stereocenters. The quantitative estimate of drug-likeness (QED) is 0.901. The minimum absolute atomic E-state index is 0.0360. The van der Waals surface area contributed by atoms with Gasteiger partial charge in [-0.3, -0.25) is 9.59 Å². The van der Waals surface area contributed by atoms with Crippen LogP contribution in [0.1, 0.15) is 19.8 Å². The van der Waals surface area contributed by atoms with E-state index in [0.29, 0.717) is 24.5 Å². The molecule has 1 aliphatic rings. The van der Waals surface area contributed by atoms with Crippen LogP contribution in [0.25, 0.3) is 0 Å². The molecule has 1 amide bonds. The second kappa shape index (κ2) is 5.73. The van der Waals surface area contributed by atoms with Crippen LogP contribution in [0.5, 0.6) is 5.75 Å². The summed E-state index contributed by atoms with van der Waals surface area (Å²) in [7, 11) is 0. The molecular weight excluding hydrogens is 246 g/mol. The molecule has 2 rings (SSSR count). The highest BCUT2D eigenvalue weighted by molar-refractivity contribution is 5.95. The maximum absolute atomic E-state index is 11.9. The van der Waals surface area contributed by atoms with E-state index in [4.69, 9.17) is 9.84 Å². The second-order valence-electron chi connectivity index (χ2n) is 4.51. The Morgan fingerprint density at radius 1 is 1.53 bits per heavy atom. The summed E-state index contributed by atoms with van der Waals surface area (Å²) in [5, 5.41) is 9.07. The number of nitrogens with zero attached hydrogens (tertiary/aromatic N) is 1. The second-order valence-corrected chi connectivity index (χ2v) is 4.51. The number of carbonyl (C=O) groups is 2. The number of anilines is 1. The number of carbonyl (C=O) groups excluding carboxylic acids is 1. The number of hydrogen-bond donors (Lipinski definition) is 1. The fraction of sp³-hybridized carbons (Fsp3) is 0.429. The molecule has 19 heavy (non-hydrogen) atoms. The van der Waals surface area contributed by atoms with E-state index >= 15 is 0 Å². The lowest BCUT2D eigenvalue weighted by atomic mass is 9.97. The number of ether oxygens (including phenoxy) is 1. The fourth-order valence-electron chi connectivity index (χ4n) is 2.20. The molecule has 0 bridgehead atoms. The Hall–Kier alpha value is -2.04. The van der Waals surface area contributed by atoms with E-state index in [0.717, 1.165) is 0 Å². The minimum atomic E-state index is -0.849. The summed E-state index contributed by atoms with van der Waals surface area (Å²) in [4.78, 5) is 24.5. The summed E-state index contributed by atoms with van der Waals surface area (Å²) < 4.78 is 5.39. The van der Waals surface area contributed by atoms with Crippen LogP contribution in [0, 0.1) is 5.92 Å². The summed E-state index contributed by atoms with van der Waals surface area (Å²) >= 11 is 0. The summed E-state index contributed by atoms with van der Waals surface area (Å²) in [6.45, 7) is 2.66. The first-order valence-corrected chi connectivity index (χ1v) is 6.38. The van der Waals surface area contributed by atoms with E-state index in [1.807, 2.05) is 13.0 Å². The number of benzene rings is 1. The molecule has 0 radical (unpaired) electrons. The average Bonchev–Trinajstić information content (AvgIpc) is 2.39. The molecule has 102 valence electrons. The molecule has 1 aromatic carbocycles. The van der Waals surface area contributed by atoms with Gasteiger partial charge in [0.05, 0.1) is 12.5 Å². The maximum Gasteiger partial charge on any atom is 0.308 e. The van der Waals surface area contributed by atoms with Crippen LogP contribution in [-0.2, 0) is 9.59 Å². The lowest BCUT2D eigenvalue weighted by Crippen LogP contribution is -2.42. The Bertz CT molecular complexity index is 486. The predicted molar refractivity (Wildman–Crippen MR) is 70.3 cm³/mol. The minimum Gasteiger partial charge on any atom is -0.494 e. The van der Waals surface area contributed by atoms with Crippen molar-refractivity contribution in [3.8, 4) is 5.75 Å². The topological polar surface area (TPSA) is 66.8 Å². The first kappa shape index (κ1) is 13.4. The van der Waals surface area contributed by atoms with Gasteiger partial charge in [0.15, 0.2) is 0 Å². The van der Waals surface area contributed by atoms with Crippen LogP contribution in [0.2, 0.25) is 0 Å². The van der Waals surface area contributed by atoms with Gasteiger partial charge in [-0.2, -0.15) is 0 Å². The molecule has 1 aliphatic heterocycles. The first-order valence-electron chi connectivity index (χ1n) is 6.38. The number of aliphatic carboxylic acids is 1. The Morgan fingerprint density at radius 3 is 3.00 bits per heavy atom. The molecule has 1 heterocycles. The molecule has 0 aliphatic carbocycles. The van der Waals surface area contributed by atoms with Gasteiger partial charge in [0.1, 0.15) is 5.75 Å². The Labute approximate surface area is 111 Å². The maximum atomic E-state index is 11.9. The summed E-state index contributed by atoms with van der Waals surface area (Å²) in [5.41, 5.74) is 0.696. The van der Waals surface area contributed by atoms with Crippen molar-refractivity contribution < 1.29 is 19.4 Å². The third-order valence-electron chi connectivity index (χ3n) is 3.20. The highest BCUT2D eigenvalue weighted by atomic mass is 16.5. The molecule has 0 saturated carbocycles. The molecule has 1 saturated heterocycles. The lowest BCUT2D eigenvalue weighted by molar-refractivity contribution is -0.142. The third-order valence-corrected chi connectivity index (χ3v) is 3.20. The molecule has 5 heteroatoms. The molecule has 0 spiro atoms. The van der Waals surface area contributed by atoms with E-state index in [2.05, 4.69) is 0 Å². The summed E-state index contributed by atoms with van der Waals surface area (Å²) in [5.74, 6) is -0.691. The lowest BCUT2D eigenvalue weighted by Gasteiger charge is -2.30. The van der Waals surface area contributed by atoms with Crippen LogP contribution < -0.4 is 9.64 Å². The van der Waals surface area contributed by atoms with Crippen molar-refractivity contribution in [1.82, 2.24) is 0 Å². The Morgan fingerprint density at radius 2 is 2.32 bits per heavy atom. The van der Waals surface area contributed by atoms with Crippen molar-refractivity contribution in [2.75, 3.05) is 18.1 Å². The number of rotatable bonds is 4. The summed E-state index contributed by atoms with van der Waals surface area (Å²) in [6, 6.07) is 7.18. The van der Waals surface area contributed by atoms with Crippen LogP contribution >= 0.6 is 0 Å². The molecule has 1 unspecified atom stereocenters. The molecule has 0 aromatic heterocycles. The Balaban J connectivity index is 2.20. The average molecular weight is 263 g/mol. The van der Waals surface area contributed by atoms with Crippen LogP contribution in [-0.4, -0.2) is 30.1 Å². The van der Waals surface area contributed by atoms with Crippen LogP contribution in [0.4, 0.5) is 5.69 Å². The standard InChI is InChI=1S/C14H17NO4/c1-2-19-12-5-3-4-11(8-12)15-9-10(14(17)18)6-7-13(15)16/h3-5,8,10H,2,6-7,9H2,1H3,(H,17,18). The van der Waals surface area contributed by atoms with Gasteiger partial charge in [0.2, 0.25) is 5.91 Å². The van der Waals surface area contributed by atoms with E-state index < -0.39 is 11.9 Å². The normalized spacial score (nSPS) is 19.3. The largest absolute Gasteiger partial charge is 0.494 e. The highest BCUT2D eigenvalue weighted by Gasteiger charge is 2.30. The number of piperidine rings is 1. The zero-order valence-corrected chi connectivity index (χ0v) is 10.8. The Kier molecular flexibility index (Phi) is 4.04. The van der Waals surface area contributed by atoms with Gasteiger partial charge < -0.3 is 14.7 Å². The van der Waals surface area contributed by atoms with Crippen molar-refractivity contribution in [3.05, 3.63) is 24.3 Å². The third kappa shape index (κ3) is 3.05. The molecule has 1 N–H and O–H groups in total. The molecule has 5 nitrogen and oxygen atoms in total. The van der Waals surface area contributed by atoms with Crippen molar-refractivity contribution in [2.24, 2.45) is 5.92 Å². The van der Waals surface area contributed by atoms with Gasteiger partial charge in [-0.25, -0.2) is 0 Å². The first-order chi connectivity index (χ1) is 9.11. The SMILES string of the molecule is CCOc1cccc(N2CC(C(=O)O)CCC2=O)c1. The van der Waals surface area contributed by atoms with Crippen LogP contribution in [0.3, 0.4) is 0 Å². The van der Waals surface area contributed by atoms with Gasteiger partial charge in [0, 0.05) is 24.7 Å².